The van der Waals surface area contributed by atoms with Crippen molar-refractivity contribution in [3.8, 4) is 0 Å². The molecule has 0 aliphatic heterocycles. The lowest BCUT2D eigenvalue weighted by atomic mass is 10.1. The van der Waals surface area contributed by atoms with Gasteiger partial charge in [0.05, 0.1) is 15.5 Å². The fourth-order valence-electron chi connectivity index (χ4n) is 1.75. The van der Waals surface area contributed by atoms with Crippen LogP contribution in [0.25, 0.3) is 0 Å². The molecule has 4 nitrogen and oxygen atoms in total. The minimum absolute atomic E-state index is 0.107. The van der Waals surface area contributed by atoms with Gasteiger partial charge in [0.25, 0.3) is 15.0 Å². The van der Waals surface area contributed by atoms with Gasteiger partial charge in [-0.05, 0) is 34.0 Å². The van der Waals surface area contributed by atoms with E-state index in [-0.39, 0.29) is 21.4 Å². The fraction of sp³-hybridized carbons (Fsp3) is 0.462. The molecule has 0 aromatic heterocycles. The van der Waals surface area contributed by atoms with E-state index in [9.17, 15) is 13.2 Å². The summed E-state index contributed by atoms with van der Waals surface area (Å²) >= 11 is 9.24. The van der Waals surface area contributed by atoms with Gasteiger partial charge in [-0.15, -0.1) is 0 Å². The van der Waals surface area contributed by atoms with Gasteiger partial charge >= 0.3 is 0 Å². The van der Waals surface area contributed by atoms with Crippen LogP contribution in [0.1, 0.15) is 30.6 Å². The van der Waals surface area contributed by atoms with E-state index in [0.717, 1.165) is 6.42 Å². The quantitative estimate of drug-likeness (QED) is 0.677. The van der Waals surface area contributed by atoms with Crippen molar-refractivity contribution in [2.24, 2.45) is 5.92 Å². The van der Waals surface area contributed by atoms with Gasteiger partial charge in [0.2, 0.25) is 0 Å². The largest absolute Gasteiger partial charge is 0.341 e. The van der Waals surface area contributed by atoms with E-state index < -0.39 is 9.05 Å². The second-order valence-electron chi connectivity index (χ2n) is 4.90. The van der Waals surface area contributed by atoms with E-state index in [1.165, 1.54) is 17.0 Å². The smallest absolute Gasteiger partial charge is 0.261 e. The average Bonchev–Trinajstić information content (AvgIpc) is 2.39. The van der Waals surface area contributed by atoms with Crippen LogP contribution in [0.3, 0.4) is 0 Å². The summed E-state index contributed by atoms with van der Waals surface area (Å²) in [6.07, 6.45) is 0.936. The number of halogens is 3. The van der Waals surface area contributed by atoms with Crippen molar-refractivity contribution in [1.82, 2.24) is 4.90 Å². The third-order valence-corrected chi connectivity index (χ3v) is 5.74. The second-order valence-corrected chi connectivity index (χ2v) is 8.70. The van der Waals surface area contributed by atoms with Crippen LogP contribution >= 0.6 is 38.2 Å². The number of rotatable bonds is 5. The van der Waals surface area contributed by atoms with Gasteiger partial charge in [-0.3, -0.25) is 4.79 Å². The molecule has 1 atom stereocenters. The molecule has 0 N–H and O–H groups in total. The Morgan fingerprint density at radius 2 is 2.00 bits per heavy atom. The van der Waals surface area contributed by atoms with Gasteiger partial charge < -0.3 is 4.90 Å². The minimum Gasteiger partial charge on any atom is -0.341 e. The molecular weight excluding hydrogens is 401 g/mol. The van der Waals surface area contributed by atoms with E-state index in [0.29, 0.717) is 16.9 Å². The van der Waals surface area contributed by atoms with Crippen LogP contribution in [0, 0.1) is 5.92 Å². The van der Waals surface area contributed by atoms with Crippen molar-refractivity contribution in [3.05, 3.63) is 27.2 Å². The molecule has 1 amide bonds. The van der Waals surface area contributed by atoms with Crippen molar-refractivity contribution in [1.29, 1.82) is 0 Å². The Balaban J connectivity index is 3.23. The molecule has 0 aliphatic carbocycles. The van der Waals surface area contributed by atoms with Gasteiger partial charge in [-0.1, -0.05) is 31.9 Å². The molecule has 0 aliphatic rings. The van der Waals surface area contributed by atoms with E-state index in [4.69, 9.17) is 22.3 Å². The Hall–Kier alpha value is -0.300. The fourth-order valence-corrected chi connectivity index (χ4v) is 3.33. The summed E-state index contributed by atoms with van der Waals surface area (Å²) in [6.45, 7) is 4.62. The van der Waals surface area contributed by atoms with E-state index in [1.54, 1.807) is 7.05 Å². The summed E-state index contributed by atoms with van der Waals surface area (Å²) in [5.41, 5.74) is 0.107. The summed E-state index contributed by atoms with van der Waals surface area (Å²) in [5, 5.41) is 0.167. The highest BCUT2D eigenvalue weighted by Gasteiger charge is 2.22. The molecule has 0 heterocycles. The Morgan fingerprint density at radius 1 is 1.43 bits per heavy atom. The topological polar surface area (TPSA) is 54.5 Å². The molecule has 1 unspecified atom stereocenters. The lowest BCUT2D eigenvalue weighted by Crippen LogP contribution is -2.31. The third kappa shape index (κ3) is 4.84. The number of nitrogens with zero attached hydrogens (tertiary/aromatic N) is 1. The number of hydrogen-bond acceptors (Lipinski definition) is 3. The van der Waals surface area contributed by atoms with E-state index in [2.05, 4.69) is 15.9 Å². The van der Waals surface area contributed by atoms with Crippen LogP contribution in [-0.2, 0) is 9.05 Å². The number of benzene rings is 1. The SMILES string of the molecule is CCC(C)CN(C)C(=O)c1cc(S(=O)(=O)Cl)cc(Br)c1Cl. The molecule has 8 heteroatoms. The monoisotopic (exact) mass is 415 g/mol. The first-order valence-corrected chi connectivity index (χ1v) is 9.75. The highest BCUT2D eigenvalue weighted by atomic mass is 79.9. The van der Waals surface area contributed by atoms with Gasteiger partial charge in [0.15, 0.2) is 0 Å². The Kier molecular flexibility index (Phi) is 6.53. The summed E-state index contributed by atoms with van der Waals surface area (Å²) in [4.78, 5) is 13.8. The Labute approximate surface area is 143 Å². The maximum Gasteiger partial charge on any atom is 0.261 e. The van der Waals surface area contributed by atoms with Crippen molar-refractivity contribution >= 4 is 53.2 Å². The van der Waals surface area contributed by atoms with Crippen LogP contribution in [0.4, 0.5) is 0 Å². The molecule has 0 bridgehead atoms. The molecule has 118 valence electrons. The third-order valence-electron chi connectivity index (χ3n) is 3.14. The molecule has 0 spiro atoms. The van der Waals surface area contributed by atoms with Gasteiger partial charge in [-0.25, -0.2) is 8.42 Å². The Morgan fingerprint density at radius 3 is 2.48 bits per heavy atom. The standard InChI is InChI=1S/C13H16BrCl2NO3S/c1-4-8(2)7-17(3)13(18)10-5-9(21(16,19)20)6-11(14)12(10)15/h5-6,8H,4,7H2,1-3H3. The molecule has 0 radical (unpaired) electrons. The molecular formula is C13H16BrCl2NO3S. The molecule has 21 heavy (non-hydrogen) atoms. The first-order chi connectivity index (χ1) is 9.57. The van der Waals surface area contributed by atoms with Crippen molar-refractivity contribution in [3.63, 3.8) is 0 Å². The summed E-state index contributed by atoms with van der Waals surface area (Å²) < 4.78 is 23.2. The number of hydrogen-bond donors (Lipinski definition) is 0. The maximum atomic E-state index is 12.4. The lowest BCUT2D eigenvalue weighted by molar-refractivity contribution is 0.0775. The minimum atomic E-state index is -3.94. The van der Waals surface area contributed by atoms with Gasteiger partial charge in [-0.2, -0.15) is 0 Å². The van der Waals surface area contributed by atoms with E-state index in [1.807, 2.05) is 13.8 Å². The van der Waals surface area contributed by atoms with Crippen LogP contribution in [0.2, 0.25) is 5.02 Å². The average molecular weight is 417 g/mol. The highest BCUT2D eigenvalue weighted by molar-refractivity contribution is 9.10. The first-order valence-electron chi connectivity index (χ1n) is 6.27. The van der Waals surface area contributed by atoms with Crippen molar-refractivity contribution in [2.75, 3.05) is 13.6 Å². The maximum absolute atomic E-state index is 12.4. The molecule has 0 saturated heterocycles. The summed E-state index contributed by atoms with van der Waals surface area (Å²) in [6, 6.07) is 2.47. The zero-order valence-electron chi connectivity index (χ0n) is 11.9. The number of amides is 1. The molecule has 1 aromatic carbocycles. The van der Waals surface area contributed by atoms with Crippen molar-refractivity contribution in [2.45, 2.75) is 25.2 Å². The zero-order chi connectivity index (χ0) is 16.4. The molecule has 0 fully saturated rings. The number of carbonyl (C=O) groups excluding carboxylic acids is 1. The predicted molar refractivity (Wildman–Crippen MR) is 88.6 cm³/mol. The molecule has 1 rings (SSSR count). The van der Waals surface area contributed by atoms with Crippen LogP contribution in [0.5, 0.6) is 0 Å². The lowest BCUT2D eigenvalue weighted by Gasteiger charge is -2.21. The van der Waals surface area contributed by atoms with Gasteiger partial charge in [0, 0.05) is 28.7 Å². The van der Waals surface area contributed by atoms with Gasteiger partial charge in [0.1, 0.15) is 0 Å². The zero-order valence-corrected chi connectivity index (χ0v) is 15.8. The molecule has 0 saturated carbocycles. The second kappa shape index (κ2) is 7.31. The first kappa shape index (κ1) is 18.7. The predicted octanol–water partition coefficient (Wildman–Crippen LogP) is 4.15. The summed E-state index contributed by atoms with van der Waals surface area (Å²) in [5.74, 6) is -0.00993. The highest BCUT2D eigenvalue weighted by Crippen LogP contribution is 2.31. The Bertz CT molecular complexity index is 649. The van der Waals surface area contributed by atoms with Crippen LogP contribution in [0.15, 0.2) is 21.5 Å². The van der Waals surface area contributed by atoms with Crippen LogP contribution in [-0.4, -0.2) is 32.8 Å². The number of carbonyl (C=O) groups is 1. The van der Waals surface area contributed by atoms with Crippen molar-refractivity contribution < 1.29 is 13.2 Å². The van der Waals surface area contributed by atoms with E-state index >= 15 is 0 Å². The van der Waals surface area contributed by atoms with Crippen LogP contribution < -0.4 is 0 Å². The normalized spacial score (nSPS) is 13.0. The summed E-state index contributed by atoms with van der Waals surface area (Å²) in [7, 11) is 3.04. The molecule has 1 aromatic rings.